The third kappa shape index (κ3) is 5.24. The van der Waals surface area contributed by atoms with Gasteiger partial charge in [-0.25, -0.2) is 0 Å². The molecule has 0 spiro atoms. The Morgan fingerprint density at radius 3 is 2.38 bits per heavy atom. The van der Waals surface area contributed by atoms with Crippen LogP contribution >= 0.6 is 0 Å². The summed E-state index contributed by atoms with van der Waals surface area (Å²) in [6.07, 6.45) is 1.58. The second-order valence-corrected chi connectivity index (χ2v) is 3.95. The van der Waals surface area contributed by atoms with Crippen LogP contribution in [0.4, 0.5) is 4.39 Å². The first-order chi connectivity index (χ1) is 7.86. The van der Waals surface area contributed by atoms with Crippen LogP contribution < -0.4 is 5.73 Å². The molecule has 0 radical (unpaired) electrons. The molecular formula is C13H21FN2. The smallest absolute Gasteiger partial charge is 0.0906 e. The maximum atomic E-state index is 12.2. The molecule has 0 unspecified atom stereocenters. The van der Waals surface area contributed by atoms with Gasteiger partial charge in [0.1, 0.15) is 0 Å². The van der Waals surface area contributed by atoms with Crippen molar-refractivity contribution in [3.8, 4) is 0 Å². The van der Waals surface area contributed by atoms with Crippen LogP contribution in [-0.2, 0) is 6.54 Å². The molecule has 0 fully saturated rings. The van der Waals surface area contributed by atoms with Crippen LogP contribution in [0.5, 0.6) is 0 Å². The van der Waals surface area contributed by atoms with E-state index in [-0.39, 0.29) is 6.67 Å². The highest BCUT2D eigenvalue weighted by atomic mass is 19.1. The molecule has 1 aromatic rings. The van der Waals surface area contributed by atoms with E-state index in [1.165, 1.54) is 5.56 Å². The molecule has 16 heavy (non-hydrogen) atoms. The summed E-state index contributed by atoms with van der Waals surface area (Å²) in [7, 11) is 0. The maximum Gasteiger partial charge on any atom is 0.0906 e. The number of hydrogen-bond donors (Lipinski definition) is 1. The van der Waals surface area contributed by atoms with Crippen molar-refractivity contribution in [2.75, 3.05) is 26.3 Å². The van der Waals surface area contributed by atoms with E-state index in [0.717, 1.165) is 26.1 Å². The minimum absolute atomic E-state index is 0.242. The number of hydrogen-bond acceptors (Lipinski definition) is 2. The van der Waals surface area contributed by atoms with Gasteiger partial charge in [-0.15, -0.1) is 0 Å². The second kappa shape index (κ2) is 8.25. The van der Waals surface area contributed by atoms with E-state index in [1.54, 1.807) is 0 Å². The summed E-state index contributed by atoms with van der Waals surface area (Å²) in [5.41, 5.74) is 6.77. The summed E-state index contributed by atoms with van der Waals surface area (Å²) in [6, 6.07) is 10.3. The fourth-order valence-electron chi connectivity index (χ4n) is 1.71. The van der Waals surface area contributed by atoms with E-state index in [1.807, 2.05) is 18.2 Å². The molecule has 0 saturated carbocycles. The van der Waals surface area contributed by atoms with Gasteiger partial charge in [0.2, 0.25) is 0 Å². The van der Waals surface area contributed by atoms with Crippen LogP contribution in [0.3, 0.4) is 0 Å². The van der Waals surface area contributed by atoms with Crippen LogP contribution in [-0.4, -0.2) is 31.2 Å². The highest BCUT2D eigenvalue weighted by Crippen LogP contribution is 2.05. The highest BCUT2D eigenvalue weighted by molar-refractivity contribution is 5.14. The molecule has 0 aliphatic heterocycles. The quantitative estimate of drug-likeness (QED) is 0.733. The SMILES string of the molecule is NCCCN(CCCF)Cc1ccccc1. The summed E-state index contributed by atoms with van der Waals surface area (Å²) in [4.78, 5) is 2.27. The van der Waals surface area contributed by atoms with Gasteiger partial charge in [-0.1, -0.05) is 30.3 Å². The molecular weight excluding hydrogens is 203 g/mol. The average molecular weight is 224 g/mol. The van der Waals surface area contributed by atoms with Gasteiger partial charge in [0.25, 0.3) is 0 Å². The van der Waals surface area contributed by atoms with Gasteiger partial charge in [0.15, 0.2) is 0 Å². The van der Waals surface area contributed by atoms with Crippen molar-refractivity contribution in [1.29, 1.82) is 0 Å². The molecule has 2 nitrogen and oxygen atoms in total. The maximum absolute atomic E-state index is 12.2. The minimum atomic E-state index is -0.242. The summed E-state index contributed by atoms with van der Waals surface area (Å²) in [5.74, 6) is 0. The molecule has 90 valence electrons. The number of nitrogens with zero attached hydrogens (tertiary/aromatic N) is 1. The van der Waals surface area contributed by atoms with Gasteiger partial charge in [-0.3, -0.25) is 9.29 Å². The first-order valence-electron chi connectivity index (χ1n) is 5.89. The molecule has 0 aliphatic rings. The number of nitrogens with two attached hydrogens (primary N) is 1. The molecule has 0 heterocycles. The summed E-state index contributed by atoms with van der Waals surface area (Å²) >= 11 is 0. The average Bonchev–Trinajstić information content (AvgIpc) is 2.34. The Kier molecular flexibility index (Phi) is 6.77. The van der Waals surface area contributed by atoms with Gasteiger partial charge in [0, 0.05) is 13.1 Å². The minimum Gasteiger partial charge on any atom is -0.330 e. The molecule has 0 saturated heterocycles. The zero-order chi connectivity index (χ0) is 11.6. The lowest BCUT2D eigenvalue weighted by molar-refractivity contribution is 0.249. The molecule has 0 bridgehead atoms. The topological polar surface area (TPSA) is 29.3 Å². The molecule has 0 amide bonds. The number of halogens is 1. The first kappa shape index (κ1) is 13.1. The van der Waals surface area contributed by atoms with Crippen LogP contribution in [0.25, 0.3) is 0 Å². The Hall–Kier alpha value is -0.930. The Bertz CT molecular complexity index is 256. The molecule has 1 rings (SSSR count). The van der Waals surface area contributed by atoms with E-state index in [9.17, 15) is 4.39 Å². The number of alkyl halides is 1. The van der Waals surface area contributed by atoms with Crippen LogP contribution in [0.1, 0.15) is 18.4 Å². The summed E-state index contributed by atoms with van der Waals surface area (Å²) < 4.78 is 12.2. The lowest BCUT2D eigenvalue weighted by Crippen LogP contribution is -2.27. The lowest BCUT2D eigenvalue weighted by atomic mass is 10.2. The Morgan fingerprint density at radius 1 is 1.06 bits per heavy atom. The number of benzene rings is 1. The van der Waals surface area contributed by atoms with Gasteiger partial charge in [-0.2, -0.15) is 0 Å². The van der Waals surface area contributed by atoms with Gasteiger partial charge in [0.05, 0.1) is 6.67 Å². The third-order valence-corrected chi connectivity index (χ3v) is 2.54. The van der Waals surface area contributed by atoms with Crippen molar-refractivity contribution in [2.24, 2.45) is 5.73 Å². The predicted octanol–water partition coefficient (Wildman–Crippen LogP) is 2.20. The Balaban J connectivity index is 2.42. The van der Waals surface area contributed by atoms with Crippen LogP contribution in [0, 0.1) is 0 Å². The van der Waals surface area contributed by atoms with Crippen molar-refractivity contribution in [1.82, 2.24) is 4.90 Å². The first-order valence-corrected chi connectivity index (χ1v) is 5.89. The van der Waals surface area contributed by atoms with Crippen LogP contribution in [0.15, 0.2) is 30.3 Å². The fraction of sp³-hybridized carbons (Fsp3) is 0.538. The van der Waals surface area contributed by atoms with Gasteiger partial charge >= 0.3 is 0 Å². The molecule has 2 N–H and O–H groups in total. The number of rotatable bonds is 8. The normalized spacial score (nSPS) is 10.9. The zero-order valence-electron chi connectivity index (χ0n) is 9.74. The third-order valence-electron chi connectivity index (χ3n) is 2.54. The van der Waals surface area contributed by atoms with E-state index in [4.69, 9.17) is 5.73 Å². The predicted molar refractivity (Wildman–Crippen MR) is 66.0 cm³/mol. The fourth-order valence-corrected chi connectivity index (χ4v) is 1.71. The Morgan fingerprint density at radius 2 is 1.75 bits per heavy atom. The second-order valence-electron chi connectivity index (χ2n) is 3.95. The van der Waals surface area contributed by atoms with Crippen molar-refractivity contribution in [3.05, 3.63) is 35.9 Å². The highest BCUT2D eigenvalue weighted by Gasteiger charge is 2.04. The van der Waals surface area contributed by atoms with Crippen molar-refractivity contribution in [2.45, 2.75) is 19.4 Å². The van der Waals surface area contributed by atoms with Crippen molar-refractivity contribution < 1.29 is 4.39 Å². The van der Waals surface area contributed by atoms with Crippen LogP contribution in [0.2, 0.25) is 0 Å². The van der Waals surface area contributed by atoms with E-state index in [2.05, 4.69) is 17.0 Å². The van der Waals surface area contributed by atoms with E-state index in [0.29, 0.717) is 13.0 Å². The van der Waals surface area contributed by atoms with Crippen molar-refractivity contribution in [3.63, 3.8) is 0 Å². The van der Waals surface area contributed by atoms with Crippen molar-refractivity contribution >= 4 is 0 Å². The van der Waals surface area contributed by atoms with Gasteiger partial charge in [-0.05, 0) is 31.5 Å². The molecule has 1 aromatic carbocycles. The van der Waals surface area contributed by atoms with E-state index >= 15 is 0 Å². The standard InChI is InChI=1S/C13H21FN2/c14-8-4-10-16(11-5-9-15)12-13-6-2-1-3-7-13/h1-3,6-7H,4-5,8-12,15H2. The zero-order valence-corrected chi connectivity index (χ0v) is 9.74. The molecule has 0 aliphatic carbocycles. The lowest BCUT2D eigenvalue weighted by Gasteiger charge is -2.21. The largest absolute Gasteiger partial charge is 0.330 e. The molecule has 0 aromatic heterocycles. The Labute approximate surface area is 97.3 Å². The van der Waals surface area contributed by atoms with Gasteiger partial charge < -0.3 is 5.73 Å². The summed E-state index contributed by atoms with van der Waals surface area (Å²) in [6.45, 7) is 3.10. The van der Waals surface area contributed by atoms with E-state index < -0.39 is 0 Å². The monoisotopic (exact) mass is 224 g/mol. The molecule has 0 atom stereocenters. The summed E-state index contributed by atoms with van der Waals surface area (Å²) in [5, 5.41) is 0. The molecule has 3 heteroatoms.